The van der Waals surface area contributed by atoms with Crippen LogP contribution in [-0.4, -0.2) is 30.8 Å². The molecule has 1 heterocycles. The second-order valence-corrected chi connectivity index (χ2v) is 8.18. The zero-order chi connectivity index (χ0) is 18.7. The fraction of sp³-hybridized carbons (Fsp3) is 0.400. The van der Waals surface area contributed by atoms with Crippen LogP contribution in [0.5, 0.6) is 0 Å². The Balaban J connectivity index is 1.56. The molecule has 2 amide bonds. The topological polar surface area (TPSA) is 61.4 Å². The maximum absolute atomic E-state index is 12.5. The lowest BCUT2D eigenvalue weighted by Crippen LogP contribution is -2.22. The first-order valence-electron chi connectivity index (χ1n) is 8.84. The Morgan fingerprint density at radius 3 is 2.42 bits per heavy atom. The van der Waals surface area contributed by atoms with Crippen molar-refractivity contribution in [3.63, 3.8) is 0 Å². The van der Waals surface area contributed by atoms with Gasteiger partial charge in [-0.05, 0) is 56.6 Å². The lowest BCUT2D eigenvalue weighted by molar-refractivity contribution is -0.117. The van der Waals surface area contributed by atoms with Crippen LogP contribution in [0.4, 0.5) is 5.00 Å². The first-order chi connectivity index (χ1) is 12.4. The summed E-state index contributed by atoms with van der Waals surface area (Å²) in [6.07, 6.45) is 1.94. The van der Waals surface area contributed by atoms with E-state index in [9.17, 15) is 9.59 Å². The fourth-order valence-electron chi connectivity index (χ4n) is 2.73. The Labute approximate surface area is 158 Å². The zero-order valence-electron chi connectivity index (χ0n) is 15.5. The van der Waals surface area contributed by atoms with E-state index in [4.69, 9.17) is 0 Å². The molecule has 0 spiro atoms. The van der Waals surface area contributed by atoms with Crippen LogP contribution in [0, 0.1) is 12.8 Å². The molecule has 0 radical (unpaired) electrons. The normalized spacial score (nSPS) is 13.7. The third kappa shape index (κ3) is 4.93. The van der Waals surface area contributed by atoms with Crippen LogP contribution in [0.3, 0.4) is 0 Å². The van der Waals surface area contributed by atoms with Gasteiger partial charge in [0, 0.05) is 19.0 Å². The van der Waals surface area contributed by atoms with Crippen molar-refractivity contribution in [1.29, 1.82) is 0 Å². The van der Waals surface area contributed by atoms with Crippen LogP contribution >= 0.6 is 11.3 Å². The smallest absolute Gasteiger partial charge is 0.261 e. The van der Waals surface area contributed by atoms with Crippen molar-refractivity contribution in [3.8, 4) is 0 Å². The van der Waals surface area contributed by atoms with E-state index in [0.29, 0.717) is 11.4 Å². The third-order valence-electron chi connectivity index (χ3n) is 4.29. The van der Waals surface area contributed by atoms with Gasteiger partial charge in [-0.3, -0.25) is 9.59 Å². The van der Waals surface area contributed by atoms with E-state index in [-0.39, 0.29) is 17.7 Å². The number of hydrogen-bond donors (Lipinski definition) is 2. The van der Waals surface area contributed by atoms with Gasteiger partial charge >= 0.3 is 0 Å². The molecule has 0 saturated heterocycles. The minimum Gasteiger partial charge on any atom is -0.347 e. The number of nitrogens with zero attached hydrogens (tertiary/aromatic N) is 1. The molecular weight excluding hydrogens is 346 g/mol. The predicted molar refractivity (Wildman–Crippen MR) is 105 cm³/mol. The van der Waals surface area contributed by atoms with E-state index in [2.05, 4.69) is 27.7 Å². The van der Waals surface area contributed by atoms with Crippen molar-refractivity contribution in [1.82, 2.24) is 10.2 Å². The van der Waals surface area contributed by atoms with Crippen molar-refractivity contribution < 1.29 is 9.59 Å². The number of benzene rings is 1. The van der Waals surface area contributed by atoms with Gasteiger partial charge in [-0.25, -0.2) is 0 Å². The largest absolute Gasteiger partial charge is 0.347 e. The standard InChI is InChI=1S/C20H25N3O2S/c1-13-10-17(22-19(24)16-8-9-16)26-18(13)20(25)21-11-14-4-6-15(7-5-14)12-23(2)3/h4-7,10,16H,8-9,11-12H2,1-3H3,(H,21,25)(H,22,24). The molecule has 0 atom stereocenters. The third-order valence-corrected chi connectivity index (χ3v) is 5.44. The Morgan fingerprint density at radius 2 is 1.81 bits per heavy atom. The maximum atomic E-state index is 12.5. The van der Waals surface area contributed by atoms with Crippen molar-refractivity contribution in [2.45, 2.75) is 32.9 Å². The lowest BCUT2D eigenvalue weighted by atomic mass is 10.1. The molecule has 26 heavy (non-hydrogen) atoms. The lowest BCUT2D eigenvalue weighted by Gasteiger charge is -2.10. The number of carbonyl (C=O) groups is 2. The highest BCUT2D eigenvalue weighted by Gasteiger charge is 2.30. The minimum atomic E-state index is -0.100. The van der Waals surface area contributed by atoms with E-state index in [1.165, 1.54) is 16.9 Å². The van der Waals surface area contributed by atoms with Crippen LogP contribution in [-0.2, 0) is 17.9 Å². The summed E-state index contributed by atoms with van der Waals surface area (Å²) in [7, 11) is 4.08. The highest BCUT2D eigenvalue weighted by Crippen LogP contribution is 2.32. The number of amides is 2. The molecule has 3 rings (SSSR count). The quantitative estimate of drug-likeness (QED) is 0.784. The summed E-state index contributed by atoms with van der Waals surface area (Å²) in [5.41, 5.74) is 3.20. The Morgan fingerprint density at radius 1 is 1.15 bits per heavy atom. The van der Waals surface area contributed by atoms with E-state index in [1.54, 1.807) is 0 Å². The second kappa shape index (κ2) is 8.01. The first kappa shape index (κ1) is 18.6. The van der Waals surface area contributed by atoms with E-state index < -0.39 is 0 Å². The van der Waals surface area contributed by atoms with Crippen LogP contribution in [0.15, 0.2) is 30.3 Å². The molecule has 2 aromatic rings. The summed E-state index contributed by atoms with van der Waals surface area (Å²) in [5.74, 6) is 0.123. The number of carbonyl (C=O) groups excluding carboxylic acids is 2. The van der Waals surface area contributed by atoms with Crippen molar-refractivity contribution in [2.24, 2.45) is 5.92 Å². The molecule has 138 valence electrons. The summed E-state index contributed by atoms with van der Waals surface area (Å²) >= 11 is 1.34. The van der Waals surface area contributed by atoms with Crippen LogP contribution in [0.2, 0.25) is 0 Å². The molecule has 0 unspecified atom stereocenters. The summed E-state index contributed by atoms with van der Waals surface area (Å²) in [6.45, 7) is 3.28. The van der Waals surface area contributed by atoms with Gasteiger partial charge in [0.15, 0.2) is 0 Å². The molecule has 1 aromatic heterocycles. The highest BCUT2D eigenvalue weighted by molar-refractivity contribution is 7.18. The predicted octanol–water partition coefficient (Wildman–Crippen LogP) is 3.40. The molecule has 5 nitrogen and oxygen atoms in total. The average molecular weight is 372 g/mol. The monoisotopic (exact) mass is 371 g/mol. The molecule has 1 aromatic carbocycles. The number of anilines is 1. The molecule has 2 N–H and O–H groups in total. The molecule has 0 bridgehead atoms. The summed E-state index contributed by atoms with van der Waals surface area (Å²) in [6, 6.07) is 10.1. The Bertz CT molecular complexity index is 792. The van der Waals surface area contributed by atoms with E-state index in [1.807, 2.05) is 39.2 Å². The van der Waals surface area contributed by atoms with Crippen LogP contribution < -0.4 is 10.6 Å². The number of aryl methyl sites for hydroxylation is 1. The van der Waals surface area contributed by atoms with Crippen molar-refractivity contribution in [2.75, 3.05) is 19.4 Å². The SMILES string of the molecule is Cc1cc(NC(=O)C2CC2)sc1C(=O)NCc1ccc(CN(C)C)cc1. The molecule has 0 aliphatic heterocycles. The molecule has 1 fully saturated rings. The van der Waals surface area contributed by atoms with E-state index >= 15 is 0 Å². The first-order valence-corrected chi connectivity index (χ1v) is 9.66. The van der Waals surface area contributed by atoms with Gasteiger partial charge in [-0.15, -0.1) is 11.3 Å². The van der Waals surface area contributed by atoms with Gasteiger partial charge in [0.2, 0.25) is 5.91 Å². The summed E-state index contributed by atoms with van der Waals surface area (Å²) in [4.78, 5) is 27.1. The summed E-state index contributed by atoms with van der Waals surface area (Å²) < 4.78 is 0. The molecule has 1 saturated carbocycles. The minimum absolute atomic E-state index is 0.0658. The number of nitrogens with one attached hydrogen (secondary N) is 2. The van der Waals surface area contributed by atoms with Crippen molar-refractivity contribution >= 4 is 28.2 Å². The van der Waals surface area contributed by atoms with Gasteiger partial charge in [0.05, 0.1) is 9.88 Å². The van der Waals surface area contributed by atoms with Gasteiger partial charge in [-0.2, -0.15) is 0 Å². The average Bonchev–Trinajstić information content (AvgIpc) is 3.37. The van der Waals surface area contributed by atoms with E-state index in [0.717, 1.165) is 35.5 Å². The number of rotatable bonds is 7. The van der Waals surface area contributed by atoms with Gasteiger partial charge in [0.1, 0.15) is 0 Å². The Hall–Kier alpha value is -2.18. The summed E-state index contributed by atoms with van der Waals surface area (Å²) in [5, 5.41) is 6.63. The maximum Gasteiger partial charge on any atom is 0.261 e. The molecule has 1 aliphatic carbocycles. The van der Waals surface area contributed by atoms with Gasteiger partial charge in [-0.1, -0.05) is 24.3 Å². The number of hydrogen-bond acceptors (Lipinski definition) is 4. The van der Waals surface area contributed by atoms with Crippen LogP contribution in [0.1, 0.15) is 39.2 Å². The second-order valence-electron chi connectivity index (χ2n) is 7.12. The van der Waals surface area contributed by atoms with Gasteiger partial charge in [0.25, 0.3) is 5.91 Å². The van der Waals surface area contributed by atoms with Crippen molar-refractivity contribution in [3.05, 3.63) is 51.9 Å². The molecule has 1 aliphatic rings. The molecular formula is C20H25N3O2S. The van der Waals surface area contributed by atoms with Crippen LogP contribution in [0.25, 0.3) is 0 Å². The number of thiophene rings is 1. The van der Waals surface area contributed by atoms with Gasteiger partial charge < -0.3 is 15.5 Å². The highest BCUT2D eigenvalue weighted by atomic mass is 32.1. The zero-order valence-corrected chi connectivity index (χ0v) is 16.3. The fourth-order valence-corrected chi connectivity index (χ4v) is 3.72. The molecule has 6 heteroatoms. The Kier molecular flexibility index (Phi) is 5.74.